The molecule has 228 valence electrons. The molecule has 0 fully saturated rings. The quantitative estimate of drug-likeness (QED) is 0.174. The lowest BCUT2D eigenvalue weighted by molar-refractivity contribution is 0.802. The molecule has 0 saturated heterocycles. The highest BCUT2D eigenvalue weighted by Gasteiger charge is 2.53. The first kappa shape index (κ1) is 27.0. The van der Waals surface area contributed by atoms with Crippen LogP contribution in [0.5, 0.6) is 0 Å². The maximum atomic E-state index is 2.49. The standard InChI is InChI=1S/C47H29NS/c1-2-13-32(14-3-1)48(33-24-26-36-31(28-33)23-22-30-12-4-5-15-35(30)36)34-25-27-38-37-16-6-9-19-41(37)47(43(38)29-34)42-20-10-7-17-39(42)46-45(47)40-18-8-11-21-44(40)49-46/h1-29H. The van der Waals surface area contributed by atoms with Crippen molar-refractivity contribution in [1.29, 1.82) is 0 Å². The molecule has 0 N–H and O–H groups in total. The van der Waals surface area contributed by atoms with Gasteiger partial charge in [-0.1, -0.05) is 133 Å². The molecule has 1 nitrogen and oxygen atoms in total. The number of hydrogen-bond acceptors (Lipinski definition) is 2. The number of rotatable bonds is 3. The zero-order valence-electron chi connectivity index (χ0n) is 26.6. The third kappa shape index (κ3) is 3.59. The number of fused-ring (bicyclic) bond motifs is 15. The van der Waals surface area contributed by atoms with Gasteiger partial charge in [0.2, 0.25) is 0 Å². The van der Waals surface area contributed by atoms with Crippen LogP contribution in [0.25, 0.3) is 53.2 Å². The zero-order chi connectivity index (χ0) is 32.1. The second-order valence-electron chi connectivity index (χ2n) is 13.2. The lowest BCUT2D eigenvalue weighted by Gasteiger charge is -2.32. The Bertz CT molecular complexity index is 2790. The van der Waals surface area contributed by atoms with Crippen LogP contribution >= 0.6 is 11.3 Å². The third-order valence-electron chi connectivity index (χ3n) is 10.8. The molecule has 1 atom stereocenters. The van der Waals surface area contributed by atoms with Gasteiger partial charge >= 0.3 is 0 Å². The van der Waals surface area contributed by atoms with E-state index < -0.39 is 5.41 Å². The molecule has 0 aliphatic heterocycles. The highest BCUT2D eigenvalue weighted by atomic mass is 32.1. The molecule has 9 aromatic rings. The van der Waals surface area contributed by atoms with E-state index in [1.165, 1.54) is 75.5 Å². The highest BCUT2D eigenvalue weighted by Crippen LogP contribution is 2.66. The number of thiophene rings is 1. The largest absolute Gasteiger partial charge is 0.310 e. The molecular weight excluding hydrogens is 611 g/mol. The van der Waals surface area contributed by atoms with Gasteiger partial charge in [0.05, 0.1) is 5.41 Å². The van der Waals surface area contributed by atoms with Crippen molar-refractivity contribution in [3.63, 3.8) is 0 Å². The van der Waals surface area contributed by atoms with Crippen LogP contribution in [0, 0.1) is 0 Å². The van der Waals surface area contributed by atoms with E-state index in [1.807, 2.05) is 11.3 Å². The summed E-state index contributed by atoms with van der Waals surface area (Å²) in [5.41, 5.74) is 12.6. The minimum Gasteiger partial charge on any atom is -0.310 e. The van der Waals surface area contributed by atoms with Gasteiger partial charge in [-0.05, 0) is 108 Å². The molecule has 11 rings (SSSR count). The van der Waals surface area contributed by atoms with Crippen LogP contribution in [0.2, 0.25) is 0 Å². The Labute approximate surface area is 289 Å². The van der Waals surface area contributed by atoms with Gasteiger partial charge in [-0.25, -0.2) is 0 Å². The lowest BCUT2D eigenvalue weighted by atomic mass is 9.70. The monoisotopic (exact) mass is 639 g/mol. The second-order valence-corrected chi connectivity index (χ2v) is 14.3. The van der Waals surface area contributed by atoms with Crippen molar-refractivity contribution in [3.05, 3.63) is 198 Å². The number of anilines is 3. The van der Waals surface area contributed by atoms with Gasteiger partial charge in [-0.15, -0.1) is 11.3 Å². The van der Waals surface area contributed by atoms with Crippen LogP contribution in [0.15, 0.2) is 176 Å². The molecule has 2 aliphatic rings. The summed E-state index contributed by atoms with van der Waals surface area (Å²) in [6, 6.07) is 65.3. The van der Waals surface area contributed by atoms with Crippen molar-refractivity contribution >= 4 is 60.0 Å². The van der Waals surface area contributed by atoms with Crippen LogP contribution < -0.4 is 4.90 Å². The molecule has 0 bridgehead atoms. The molecule has 8 aromatic carbocycles. The summed E-state index contributed by atoms with van der Waals surface area (Å²) < 4.78 is 1.35. The van der Waals surface area contributed by atoms with Crippen molar-refractivity contribution in [1.82, 2.24) is 0 Å². The second kappa shape index (κ2) is 10.0. The number of benzene rings is 8. The van der Waals surface area contributed by atoms with Gasteiger partial charge in [0, 0.05) is 26.6 Å². The molecule has 1 unspecified atom stereocenters. The average molecular weight is 640 g/mol. The minimum atomic E-state index is -0.405. The zero-order valence-corrected chi connectivity index (χ0v) is 27.4. The number of nitrogens with zero attached hydrogens (tertiary/aromatic N) is 1. The van der Waals surface area contributed by atoms with Gasteiger partial charge in [-0.3, -0.25) is 0 Å². The van der Waals surface area contributed by atoms with Gasteiger partial charge in [-0.2, -0.15) is 0 Å². The highest BCUT2D eigenvalue weighted by molar-refractivity contribution is 7.22. The summed E-state index contributed by atoms with van der Waals surface area (Å²) in [5, 5.41) is 6.42. The molecule has 0 amide bonds. The molecule has 2 heteroatoms. The molecule has 1 heterocycles. The topological polar surface area (TPSA) is 3.24 Å². The molecular formula is C47H29NS. The van der Waals surface area contributed by atoms with E-state index in [0.717, 1.165) is 17.1 Å². The first-order valence-corrected chi connectivity index (χ1v) is 17.8. The van der Waals surface area contributed by atoms with Crippen LogP contribution in [-0.2, 0) is 5.41 Å². The Balaban J connectivity index is 1.20. The fraction of sp³-hybridized carbons (Fsp3) is 0.0213. The first-order valence-electron chi connectivity index (χ1n) is 16.9. The molecule has 1 spiro atoms. The Morgan fingerprint density at radius 3 is 1.88 bits per heavy atom. The Kier molecular flexibility index (Phi) is 5.53. The van der Waals surface area contributed by atoms with Gasteiger partial charge in [0.15, 0.2) is 0 Å². The Hall–Kier alpha value is -5.96. The smallest absolute Gasteiger partial charge is 0.0740 e. The van der Waals surface area contributed by atoms with Crippen molar-refractivity contribution in [3.8, 4) is 21.6 Å². The van der Waals surface area contributed by atoms with E-state index in [4.69, 9.17) is 0 Å². The molecule has 0 saturated carbocycles. The van der Waals surface area contributed by atoms with Gasteiger partial charge in [0.25, 0.3) is 0 Å². The third-order valence-corrected chi connectivity index (χ3v) is 12.0. The van der Waals surface area contributed by atoms with Gasteiger partial charge in [0.1, 0.15) is 0 Å². The van der Waals surface area contributed by atoms with Crippen molar-refractivity contribution < 1.29 is 0 Å². The number of para-hydroxylation sites is 1. The van der Waals surface area contributed by atoms with Crippen LogP contribution in [0.4, 0.5) is 17.1 Å². The van der Waals surface area contributed by atoms with Crippen molar-refractivity contribution in [2.45, 2.75) is 5.41 Å². The normalized spacial score (nSPS) is 15.4. The Morgan fingerprint density at radius 1 is 0.388 bits per heavy atom. The molecule has 49 heavy (non-hydrogen) atoms. The Morgan fingerprint density at radius 2 is 1.00 bits per heavy atom. The summed E-state index contributed by atoms with van der Waals surface area (Å²) in [7, 11) is 0. The van der Waals surface area contributed by atoms with E-state index in [9.17, 15) is 0 Å². The maximum absolute atomic E-state index is 2.49. The summed E-state index contributed by atoms with van der Waals surface area (Å²) >= 11 is 1.93. The average Bonchev–Trinajstić information content (AvgIpc) is 3.79. The fourth-order valence-electron chi connectivity index (χ4n) is 8.88. The number of hydrogen-bond donors (Lipinski definition) is 0. The first-order chi connectivity index (χ1) is 24.3. The predicted octanol–water partition coefficient (Wildman–Crippen LogP) is 13.0. The predicted molar refractivity (Wildman–Crippen MR) is 208 cm³/mol. The minimum absolute atomic E-state index is 0.405. The van der Waals surface area contributed by atoms with Gasteiger partial charge < -0.3 is 4.90 Å². The van der Waals surface area contributed by atoms with Crippen molar-refractivity contribution in [2.75, 3.05) is 4.90 Å². The lowest BCUT2D eigenvalue weighted by Crippen LogP contribution is -2.26. The molecule has 2 aliphatic carbocycles. The summed E-state index contributed by atoms with van der Waals surface area (Å²) in [6.45, 7) is 0. The molecule has 1 aromatic heterocycles. The SMILES string of the molecule is c1ccc(N(c2ccc3c(c2)C2(c4ccccc4-3)c3ccccc3-c3sc4ccccc4c32)c2ccc3c(ccc4ccccc43)c2)cc1. The summed E-state index contributed by atoms with van der Waals surface area (Å²) in [4.78, 5) is 3.82. The van der Waals surface area contributed by atoms with Crippen LogP contribution in [0.1, 0.15) is 22.3 Å². The maximum Gasteiger partial charge on any atom is 0.0740 e. The van der Waals surface area contributed by atoms with Crippen LogP contribution in [-0.4, -0.2) is 0 Å². The molecule has 0 radical (unpaired) electrons. The van der Waals surface area contributed by atoms with Crippen LogP contribution in [0.3, 0.4) is 0 Å². The van der Waals surface area contributed by atoms with E-state index in [1.54, 1.807) is 0 Å². The van der Waals surface area contributed by atoms with E-state index >= 15 is 0 Å². The van der Waals surface area contributed by atoms with E-state index in [2.05, 4.69) is 181 Å². The van der Waals surface area contributed by atoms with E-state index in [0.29, 0.717) is 0 Å². The fourth-order valence-corrected chi connectivity index (χ4v) is 10.2. The van der Waals surface area contributed by atoms with E-state index in [-0.39, 0.29) is 0 Å². The summed E-state index contributed by atoms with van der Waals surface area (Å²) in [5.74, 6) is 0. The van der Waals surface area contributed by atoms with Crippen molar-refractivity contribution in [2.24, 2.45) is 0 Å². The summed E-state index contributed by atoms with van der Waals surface area (Å²) in [6.07, 6.45) is 0.